The number of carbonyl (C=O) groups is 1. The van der Waals surface area contributed by atoms with Crippen molar-refractivity contribution in [2.45, 2.75) is 6.92 Å². The molecule has 110 valence electrons. The van der Waals surface area contributed by atoms with Crippen molar-refractivity contribution in [2.75, 3.05) is 11.4 Å². The van der Waals surface area contributed by atoms with Crippen molar-refractivity contribution in [3.63, 3.8) is 0 Å². The first-order valence-corrected chi connectivity index (χ1v) is 6.95. The third kappa shape index (κ3) is 3.26. The summed E-state index contributed by atoms with van der Waals surface area (Å²) < 4.78 is 41.2. The highest BCUT2D eigenvalue weighted by atomic mass is 79.9. The summed E-state index contributed by atoms with van der Waals surface area (Å²) in [6.07, 6.45) is 0. The smallest absolute Gasteiger partial charge is 0.264 e. The third-order valence-corrected chi connectivity index (χ3v) is 3.36. The van der Waals surface area contributed by atoms with Gasteiger partial charge in [0, 0.05) is 16.7 Å². The summed E-state index contributed by atoms with van der Waals surface area (Å²) in [4.78, 5) is 13.5. The van der Waals surface area contributed by atoms with Gasteiger partial charge in [-0.05, 0) is 37.3 Å². The van der Waals surface area contributed by atoms with Gasteiger partial charge in [-0.25, -0.2) is 13.2 Å². The second kappa shape index (κ2) is 6.30. The monoisotopic (exact) mass is 357 g/mol. The largest absolute Gasteiger partial charge is 0.308 e. The van der Waals surface area contributed by atoms with E-state index >= 15 is 0 Å². The average molecular weight is 358 g/mol. The van der Waals surface area contributed by atoms with Gasteiger partial charge in [0.2, 0.25) is 0 Å². The standard InChI is InChI=1S/C15H11BrF3NO/c1-2-20(11-5-3-4-10(17)8-11)15(21)14-12(18)6-9(16)7-13(14)19/h3-8H,2H2,1H3. The Balaban J connectivity index is 2.47. The van der Waals surface area contributed by atoms with Gasteiger partial charge in [-0.2, -0.15) is 0 Å². The van der Waals surface area contributed by atoms with Gasteiger partial charge >= 0.3 is 0 Å². The first-order chi connectivity index (χ1) is 9.93. The van der Waals surface area contributed by atoms with Gasteiger partial charge in [-0.1, -0.05) is 22.0 Å². The van der Waals surface area contributed by atoms with E-state index in [4.69, 9.17) is 0 Å². The fourth-order valence-electron chi connectivity index (χ4n) is 1.97. The minimum atomic E-state index is -0.971. The second-order valence-corrected chi connectivity index (χ2v) is 5.19. The van der Waals surface area contributed by atoms with Crippen LogP contribution >= 0.6 is 15.9 Å². The van der Waals surface area contributed by atoms with Crippen molar-refractivity contribution in [2.24, 2.45) is 0 Å². The van der Waals surface area contributed by atoms with Crippen LogP contribution in [0.25, 0.3) is 0 Å². The van der Waals surface area contributed by atoms with Crippen LogP contribution in [0.2, 0.25) is 0 Å². The molecule has 0 aliphatic heterocycles. The molecule has 0 N–H and O–H groups in total. The molecule has 6 heteroatoms. The van der Waals surface area contributed by atoms with E-state index in [1.165, 1.54) is 18.2 Å². The van der Waals surface area contributed by atoms with Crippen LogP contribution in [0, 0.1) is 17.5 Å². The van der Waals surface area contributed by atoms with Crippen LogP contribution in [0.3, 0.4) is 0 Å². The molecule has 2 rings (SSSR count). The Hall–Kier alpha value is -1.82. The number of rotatable bonds is 3. The van der Waals surface area contributed by atoms with Gasteiger partial charge in [-0.15, -0.1) is 0 Å². The molecule has 21 heavy (non-hydrogen) atoms. The highest BCUT2D eigenvalue weighted by Crippen LogP contribution is 2.24. The summed E-state index contributed by atoms with van der Waals surface area (Å²) in [7, 11) is 0. The van der Waals surface area contributed by atoms with Gasteiger partial charge in [0.15, 0.2) is 0 Å². The van der Waals surface area contributed by atoms with Crippen molar-refractivity contribution >= 4 is 27.5 Å². The molecule has 0 aliphatic rings. The van der Waals surface area contributed by atoms with Crippen molar-refractivity contribution in [3.05, 3.63) is 63.9 Å². The molecule has 0 saturated heterocycles. The normalized spacial score (nSPS) is 10.5. The zero-order valence-corrected chi connectivity index (χ0v) is 12.6. The average Bonchev–Trinajstić information content (AvgIpc) is 2.38. The summed E-state index contributed by atoms with van der Waals surface area (Å²) in [6.45, 7) is 1.79. The number of carbonyl (C=O) groups excluding carboxylic acids is 1. The van der Waals surface area contributed by atoms with Crippen LogP contribution in [-0.2, 0) is 0 Å². The molecule has 0 fully saturated rings. The number of nitrogens with zero attached hydrogens (tertiary/aromatic N) is 1. The molecule has 0 unspecified atom stereocenters. The van der Waals surface area contributed by atoms with Crippen LogP contribution < -0.4 is 4.90 Å². The number of amides is 1. The first kappa shape index (κ1) is 15.6. The minimum absolute atomic E-state index is 0.150. The predicted octanol–water partition coefficient (Wildman–Crippen LogP) is 4.53. The molecule has 0 spiro atoms. The van der Waals surface area contributed by atoms with Crippen LogP contribution in [0.1, 0.15) is 17.3 Å². The maximum Gasteiger partial charge on any atom is 0.264 e. The molecule has 0 bridgehead atoms. The van der Waals surface area contributed by atoms with Gasteiger partial charge in [0.05, 0.1) is 0 Å². The quantitative estimate of drug-likeness (QED) is 0.789. The van der Waals surface area contributed by atoms with E-state index in [2.05, 4.69) is 15.9 Å². The molecule has 2 aromatic rings. The molecular formula is C15H11BrF3NO. The Labute approximate surface area is 128 Å². The fourth-order valence-corrected chi connectivity index (χ4v) is 2.37. The van der Waals surface area contributed by atoms with Crippen molar-refractivity contribution in [1.29, 1.82) is 0 Å². The Morgan fingerprint density at radius 2 is 1.76 bits per heavy atom. The summed E-state index contributed by atoms with van der Waals surface area (Å²) in [5, 5.41) is 0. The molecule has 0 aliphatic carbocycles. The molecule has 2 aromatic carbocycles. The third-order valence-electron chi connectivity index (χ3n) is 2.90. The molecule has 1 amide bonds. The van der Waals surface area contributed by atoms with Crippen LogP contribution in [-0.4, -0.2) is 12.5 Å². The van der Waals surface area contributed by atoms with E-state index in [1.807, 2.05) is 0 Å². The number of halogens is 4. The van der Waals surface area contributed by atoms with Crippen LogP contribution in [0.4, 0.5) is 18.9 Å². The summed E-state index contributed by atoms with van der Waals surface area (Å²) in [6, 6.07) is 7.30. The summed E-state index contributed by atoms with van der Waals surface area (Å²) in [5.41, 5.74) is -0.423. The topological polar surface area (TPSA) is 20.3 Å². The molecule has 0 atom stereocenters. The highest BCUT2D eigenvalue weighted by Gasteiger charge is 2.24. The Morgan fingerprint density at radius 3 is 2.29 bits per heavy atom. The summed E-state index contributed by atoms with van der Waals surface area (Å²) >= 11 is 2.95. The van der Waals surface area contributed by atoms with E-state index in [1.54, 1.807) is 6.92 Å². The molecule has 0 saturated carbocycles. The van der Waals surface area contributed by atoms with E-state index in [9.17, 15) is 18.0 Å². The van der Waals surface area contributed by atoms with Gasteiger partial charge in [-0.3, -0.25) is 4.79 Å². The lowest BCUT2D eigenvalue weighted by atomic mass is 10.1. The Kier molecular flexibility index (Phi) is 4.67. The number of benzene rings is 2. The molecule has 2 nitrogen and oxygen atoms in total. The lowest BCUT2D eigenvalue weighted by Gasteiger charge is -2.21. The number of hydrogen-bond donors (Lipinski definition) is 0. The molecule has 0 heterocycles. The van der Waals surface area contributed by atoms with Gasteiger partial charge in [0.25, 0.3) is 5.91 Å². The highest BCUT2D eigenvalue weighted by molar-refractivity contribution is 9.10. The van der Waals surface area contributed by atoms with Gasteiger partial charge < -0.3 is 4.90 Å². The van der Waals surface area contributed by atoms with E-state index < -0.39 is 28.9 Å². The van der Waals surface area contributed by atoms with Crippen LogP contribution in [0.15, 0.2) is 40.9 Å². The fraction of sp³-hybridized carbons (Fsp3) is 0.133. The maximum atomic E-state index is 13.9. The van der Waals surface area contributed by atoms with Gasteiger partial charge in [0.1, 0.15) is 23.0 Å². The molecule has 0 aromatic heterocycles. The first-order valence-electron chi connectivity index (χ1n) is 6.16. The van der Waals surface area contributed by atoms with E-state index in [0.29, 0.717) is 0 Å². The SMILES string of the molecule is CCN(C(=O)c1c(F)cc(Br)cc1F)c1cccc(F)c1. The Bertz CT molecular complexity index is 667. The van der Waals surface area contributed by atoms with E-state index in [-0.39, 0.29) is 16.7 Å². The summed E-state index contributed by atoms with van der Waals surface area (Å²) in [5.74, 6) is -3.33. The molecular weight excluding hydrogens is 347 g/mol. The molecule has 0 radical (unpaired) electrons. The lowest BCUT2D eigenvalue weighted by Crippen LogP contribution is -2.32. The second-order valence-electron chi connectivity index (χ2n) is 4.27. The zero-order chi connectivity index (χ0) is 15.6. The minimum Gasteiger partial charge on any atom is -0.308 e. The van der Waals surface area contributed by atoms with Crippen molar-refractivity contribution in [3.8, 4) is 0 Å². The van der Waals surface area contributed by atoms with Crippen molar-refractivity contribution < 1.29 is 18.0 Å². The van der Waals surface area contributed by atoms with Crippen molar-refractivity contribution in [1.82, 2.24) is 0 Å². The number of anilines is 1. The van der Waals surface area contributed by atoms with Crippen LogP contribution in [0.5, 0.6) is 0 Å². The Morgan fingerprint density at radius 1 is 1.14 bits per heavy atom. The maximum absolute atomic E-state index is 13.9. The predicted molar refractivity (Wildman–Crippen MR) is 77.8 cm³/mol. The zero-order valence-electron chi connectivity index (χ0n) is 11.0. The lowest BCUT2D eigenvalue weighted by molar-refractivity contribution is 0.0980. The number of hydrogen-bond acceptors (Lipinski definition) is 1. The van der Waals surface area contributed by atoms with E-state index in [0.717, 1.165) is 23.1 Å².